The van der Waals surface area contributed by atoms with Gasteiger partial charge in [-0.15, -0.1) is 0 Å². The van der Waals surface area contributed by atoms with Crippen LogP contribution in [-0.4, -0.2) is 17.2 Å². The van der Waals surface area contributed by atoms with Crippen molar-refractivity contribution in [3.05, 3.63) is 64.8 Å². The fourth-order valence-electron chi connectivity index (χ4n) is 2.17. The summed E-state index contributed by atoms with van der Waals surface area (Å²) in [4.78, 5) is 4.44. The van der Waals surface area contributed by atoms with E-state index in [0.29, 0.717) is 10.5 Å². The van der Waals surface area contributed by atoms with Crippen molar-refractivity contribution in [2.45, 2.75) is 0 Å². The van der Waals surface area contributed by atoms with Crippen molar-refractivity contribution in [3.63, 3.8) is 0 Å². The minimum Gasteiger partial charge on any atom is -0.506 e. The smallest absolute Gasteiger partial charge is 0.141 e. The van der Waals surface area contributed by atoms with E-state index in [1.54, 1.807) is 19.2 Å². The highest BCUT2D eigenvalue weighted by molar-refractivity contribution is 6.35. The van der Waals surface area contributed by atoms with Crippen LogP contribution < -0.4 is 4.74 Å². The lowest BCUT2D eigenvalue weighted by atomic mass is 10.1. The molecule has 1 aromatic heterocycles. The Kier molecular flexibility index (Phi) is 3.98. The van der Waals surface area contributed by atoms with Crippen molar-refractivity contribution in [1.82, 2.24) is 4.98 Å². The average molecular weight is 312 g/mol. The van der Waals surface area contributed by atoms with Gasteiger partial charge >= 0.3 is 0 Å². The summed E-state index contributed by atoms with van der Waals surface area (Å²) >= 11 is 6.10. The predicted molar refractivity (Wildman–Crippen MR) is 90.3 cm³/mol. The molecule has 0 bridgehead atoms. The lowest BCUT2D eigenvalue weighted by molar-refractivity contribution is 0.415. The molecule has 1 N–H and O–H groups in total. The standard InChI is InChI=1S/C18H14ClNO2/c1-22-14-7-3-12(4-8-14)2-5-13-6-9-15-16(19)10-11-17(21)18(15)20-13/h2-11,21H,1H3/b5-2+. The maximum atomic E-state index is 9.90. The first-order valence-electron chi connectivity index (χ1n) is 6.78. The predicted octanol–water partition coefficient (Wildman–Crippen LogP) is 4.77. The Bertz CT molecular complexity index is 842. The number of methoxy groups -OCH3 is 1. The minimum atomic E-state index is 0.124. The van der Waals surface area contributed by atoms with Gasteiger partial charge in [-0.3, -0.25) is 0 Å². The van der Waals surface area contributed by atoms with Crippen molar-refractivity contribution in [2.75, 3.05) is 7.11 Å². The second-order valence-corrected chi connectivity index (χ2v) is 5.21. The number of hydrogen-bond donors (Lipinski definition) is 1. The molecule has 0 radical (unpaired) electrons. The topological polar surface area (TPSA) is 42.4 Å². The Hall–Kier alpha value is -2.52. The molecule has 3 aromatic rings. The molecule has 3 nitrogen and oxygen atoms in total. The van der Waals surface area contributed by atoms with E-state index >= 15 is 0 Å². The Morgan fingerprint density at radius 3 is 2.50 bits per heavy atom. The van der Waals surface area contributed by atoms with Crippen molar-refractivity contribution in [1.29, 1.82) is 0 Å². The van der Waals surface area contributed by atoms with E-state index in [0.717, 1.165) is 22.4 Å². The summed E-state index contributed by atoms with van der Waals surface area (Å²) in [7, 11) is 1.64. The zero-order valence-electron chi connectivity index (χ0n) is 12.0. The van der Waals surface area contributed by atoms with Crippen LogP contribution >= 0.6 is 11.6 Å². The van der Waals surface area contributed by atoms with Gasteiger partial charge in [-0.25, -0.2) is 4.98 Å². The lowest BCUT2D eigenvalue weighted by Crippen LogP contribution is -1.85. The minimum absolute atomic E-state index is 0.124. The molecule has 0 spiro atoms. The van der Waals surface area contributed by atoms with E-state index in [1.165, 1.54) is 0 Å². The van der Waals surface area contributed by atoms with Crippen LogP contribution in [0.25, 0.3) is 23.1 Å². The van der Waals surface area contributed by atoms with E-state index in [-0.39, 0.29) is 5.75 Å². The number of phenolic OH excluding ortho intramolecular Hbond substituents is 1. The first-order valence-corrected chi connectivity index (χ1v) is 7.15. The molecule has 0 saturated carbocycles. The quantitative estimate of drug-likeness (QED) is 0.757. The molecule has 0 amide bonds. The van der Waals surface area contributed by atoms with Gasteiger partial charge in [0.2, 0.25) is 0 Å². The number of aromatic hydroxyl groups is 1. The zero-order chi connectivity index (χ0) is 15.5. The van der Waals surface area contributed by atoms with Gasteiger partial charge in [0.25, 0.3) is 0 Å². The van der Waals surface area contributed by atoms with Gasteiger partial charge in [-0.1, -0.05) is 29.8 Å². The highest BCUT2D eigenvalue weighted by Crippen LogP contribution is 2.29. The van der Waals surface area contributed by atoms with Crippen LogP contribution in [0.2, 0.25) is 5.02 Å². The number of fused-ring (bicyclic) bond motifs is 1. The van der Waals surface area contributed by atoms with Gasteiger partial charge in [-0.05, 0) is 48.0 Å². The third-order valence-corrected chi connectivity index (χ3v) is 3.70. The fourth-order valence-corrected chi connectivity index (χ4v) is 2.39. The first kappa shape index (κ1) is 14.4. The van der Waals surface area contributed by atoms with Crippen LogP contribution in [0.5, 0.6) is 11.5 Å². The number of halogens is 1. The molecule has 0 atom stereocenters. The monoisotopic (exact) mass is 311 g/mol. The molecule has 0 fully saturated rings. The molecular weight excluding hydrogens is 298 g/mol. The number of aromatic nitrogens is 1. The van der Waals surface area contributed by atoms with Gasteiger partial charge < -0.3 is 9.84 Å². The summed E-state index contributed by atoms with van der Waals surface area (Å²) in [6.07, 6.45) is 3.84. The third kappa shape index (κ3) is 2.90. The lowest BCUT2D eigenvalue weighted by Gasteiger charge is -2.03. The highest BCUT2D eigenvalue weighted by Gasteiger charge is 2.05. The first-order chi connectivity index (χ1) is 10.7. The summed E-state index contributed by atoms with van der Waals surface area (Å²) in [6, 6.07) is 14.7. The molecule has 0 aliphatic heterocycles. The largest absolute Gasteiger partial charge is 0.506 e. The normalized spacial score (nSPS) is 11.2. The molecule has 0 aliphatic carbocycles. The average Bonchev–Trinajstić information content (AvgIpc) is 2.57. The van der Waals surface area contributed by atoms with Crippen LogP contribution in [0, 0.1) is 0 Å². The summed E-state index contributed by atoms with van der Waals surface area (Å²) in [5.74, 6) is 0.944. The second kappa shape index (κ2) is 6.08. The van der Waals surface area contributed by atoms with Gasteiger partial charge in [0.15, 0.2) is 0 Å². The molecule has 0 unspecified atom stereocenters. The molecular formula is C18H14ClNO2. The number of pyridine rings is 1. The van der Waals surface area contributed by atoms with Crippen LogP contribution in [0.15, 0.2) is 48.5 Å². The van der Waals surface area contributed by atoms with E-state index < -0.39 is 0 Å². The molecule has 0 saturated heterocycles. The van der Waals surface area contributed by atoms with E-state index in [2.05, 4.69) is 4.98 Å². The third-order valence-electron chi connectivity index (χ3n) is 3.37. The van der Waals surface area contributed by atoms with Crippen molar-refractivity contribution < 1.29 is 9.84 Å². The molecule has 22 heavy (non-hydrogen) atoms. The number of hydrogen-bond acceptors (Lipinski definition) is 3. The molecule has 0 aliphatic rings. The highest BCUT2D eigenvalue weighted by atomic mass is 35.5. The number of benzene rings is 2. The molecule has 4 heteroatoms. The maximum Gasteiger partial charge on any atom is 0.141 e. The molecule has 2 aromatic carbocycles. The number of nitrogens with zero attached hydrogens (tertiary/aromatic N) is 1. The summed E-state index contributed by atoms with van der Waals surface area (Å²) in [6.45, 7) is 0. The van der Waals surface area contributed by atoms with Gasteiger partial charge in [0.05, 0.1) is 17.8 Å². The van der Waals surface area contributed by atoms with Gasteiger partial charge in [-0.2, -0.15) is 0 Å². The van der Waals surface area contributed by atoms with Crippen LogP contribution in [0.4, 0.5) is 0 Å². The molecule has 3 rings (SSSR count). The molecule has 110 valence electrons. The van der Waals surface area contributed by atoms with Crippen molar-refractivity contribution in [3.8, 4) is 11.5 Å². The maximum absolute atomic E-state index is 9.90. The van der Waals surface area contributed by atoms with Crippen LogP contribution in [0.1, 0.15) is 11.3 Å². The van der Waals surface area contributed by atoms with Crippen LogP contribution in [-0.2, 0) is 0 Å². The van der Waals surface area contributed by atoms with E-state index in [9.17, 15) is 5.11 Å². The van der Waals surface area contributed by atoms with Gasteiger partial charge in [0.1, 0.15) is 17.0 Å². The summed E-state index contributed by atoms with van der Waals surface area (Å²) in [5, 5.41) is 11.2. The summed E-state index contributed by atoms with van der Waals surface area (Å²) in [5.41, 5.74) is 2.29. The van der Waals surface area contributed by atoms with Gasteiger partial charge in [0, 0.05) is 5.39 Å². The zero-order valence-corrected chi connectivity index (χ0v) is 12.7. The number of ether oxygens (including phenoxy) is 1. The van der Waals surface area contributed by atoms with Crippen molar-refractivity contribution >= 4 is 34.7 Å². The Morgan fingerprint density at radius 1 is 1.00 bits per heavy atom. The van der Waals surface area contributed by atoms with E-state index in [1.807, 2.05) is 48.6 Å². The summed E-state index contributed by atoms with van der Waals surface area (Å²) < 4.78 is 5.13. The Balaban J connectivity index is 1.93. The second-order valence-electron chi connectivity index (χ2n) is 4.81. The van der Waals surface area contributed by atoms with Crippen molar-refractivity contribution in [2.24, 2.45) is 0 Å². The van der Waals surface area contributed by atoms with Crippen LogP contribution in [0.3, 0.4) is 0 Å². The fraction of sp³-hybridized carbons (Fsp3) is 0.0556. The Labute approximate surface area is 133 Å². The molecule has 1 heterocycles. The number of phenols is 1. The Morgan fingerprint density at radius 2 is 1.77 bits per heavy atom. The SMILES string of the molecule is COc1ccc(/C=C/c2ccc3c(Cl)ccc(O)c3n2)cc1. The van der Waals surface area contributed by atoms with E-state index in [4.69, 9.17) is 16.3 Å². The number of rotatable bonds is 3.